The Kier molecular flexibility index (Phi) is 37.7. The molecule has 2 saturated heterocycles. The first-order valence-electron chi connectivity index (χ1n) is 38.9. The van der Waals surface area contributed by atoms with Gasteiger partial charge in [0.1, 0.15) is 30.8 Å². The van der Waals surface area contributed by atoms with E-state index < -0.39 is 125 Å². The molecule has 0 radical (unpaired) electrons. The van der Waals surface area contributed by atoms with E-state index >= 15 is 4.79 Å². The van der Waals surface area contributed by atoms with Crippen LogP contribution in [-0.2, 0) is 73.5 Å². The van der Waals surface area contributed by atoms with E-state index in [9.17, 15) is 67.4 Å². The number of benzene rings is 2. The SMILES string of the molecule is CC[C@H](C)[C@@H]([C@@H](CC(=O)N1C[C@@H](OC(=O)NCCNC(=O)OCc2ccc(NC(=O)[C@H](CCCNC(N)=O)NC(=O)[C@@H](NC(=O)CCCCCN3C(=O)CC(SCC4(CC(=O)O)CC4)C3=O)C(C)C)cc2)C[C@H]1[C@H](OC)[C@@H](C)C(=O)NCC(=O)c1ccc(C)cc1C)OC)N(C)C(=O)[C@@H](NC(=O)[C@H](C(C)C)N(C)C)C(C)C. The van der Waals surface area contributed by atoms with E-state index in [0.717, 1.165) is 24.0 Å². The van der Waals surface area contributed by atoms with Crippen molar-refractivity contribution in [2.24, 2.45) is 40.7 Å². The molecule has 2 aromatic rings. The molecule has 0 bridgehead atoms. The number of nitrogens with one attached hydrogen (secondary N) is 8. The minimum Gasteiger partial charge on any atom is -0.481 e. The summed E-state index contributed by atoms with van der Waals surface area (Å²) >= 11 is 1.34. The third-order valence-corrected chi connectivity index (χ3v) is 22.6. The van der Waals surface area contributed by atoms with E-state index in [2.05, 4.69) is 42.5 Å². The number of rotatable bonds is 47. The zero-order chi connectivity index (χ0) is 83.4. The Morgan fingerprint density at radius 2 is 1.39 bits per heavy atom. The van der Waals surface area contributed by atoms with E-state index in [1.54, 1.807) is 77.1 Å². The van der Waals surface area contributed by atoms with Gasteiger partial charge < -0.3 is 82.1 Å². The molecule has 5 rings (SSSR count). The number of carbonyl (C=O) groups excluding carboxylic acids is 13. The number of Topliss-reactive ketones (excluding diaryl/α,β-unsaturated/α-hetero) is 1. The van der Waals surface area contributed by atoms with Gasteiger partial charge in [-0.2, -0.15) is 0 Å². The number of amides is 13. The Morgan fingerprint density at radius 3 is 1.97 bits per heavy atom. The third kappa shape index (κ3) is 28.6. The van der Waals surface area contributed by atoms with Crippen LogP contribution in [0.25, 0.3) is 0 Å². The molecule has 2 aliphatic heterocycles. The quantitative estimate of drug-likeness (QED) is 0.0220. The minimum atomic E-state index is -1.14. The van der Waals surface area contributed by atoms with E-state index in [0.29, 0.717) is 48.3 Å². The van der Waals surface area contributed by atoms with Crippen molar-refractivity contribution >= 4 is 101 Å². The summed E-state index contributed by atoms with van der Waals surface area (Å²) in [6, 6.07) is 5.78. The first-order valence-corrected chi connectivity index (χ1v) is 39.9. The number of alkyl carbamates (subject to hydrolysis) is 2. The largest absolute Gasteiger partial charge is 0.481 e. The lowest BCUT2D eigenvalue weighted by Gasteiger charge is -2.41. The van der Waals surface area contributed by atoms with Gasteiger partial charge in [0.05, 0.1) is 67.4 Å². The first-order chi connectivity index (χ1) is 52.9. The van der Waals surface area contributed by atoms with Crippen LogP contribution < -0.4 is 48.3 Å². The molecule has 1 saturated carbocycles. The summed E-state index contributed by atoms with van der Waals surface area (Å²) in [6.45, 7) is 19.7. The number of methoxy groups -OCH3 is 2. The highest BCUT2D eigenvalue weighted by Crippen LogP contribution is 2.52. The molecule has 12 atom stereocenters. The maximum atomic E-state index is 15.0. The lowest BCUT2D eigenvalue weighted by atomic mass is 9.89. The summed E-state index contributed by atoms with van der Waals surface area (Å²) < 4.78 is 23.5. The van der Waals surface area contributed by atoms with Crippen molar-refractivity contribution in [3.8, 4) is 0 Å². The molecule has 2 aromatic carbocycles. The molecule has 3 aliphatic rings. The average molecular weight is 1590 g/mol. The maximum Gasteiger partial charge on any atom is 0.407 e. The molecule has 1 unspecified atom stereocenters. The number of carbonyl (C=O) groups is 14. The van der Waals surface area contributed by atoms with Crippen molar-refractivity contribution in [2.45, 2.75) is 226 Å². The van der Waals surface area contributed by atoms with Crippen molar-refractivity contribution < 1.29 is 91.2 Å². The number of anilines is 1. The number of thioether (sulfide) groups is 1. The number of imide groups is 1. The molecule has 3 fully saturated rings. The maximum absolute atomic E-state index is 15.0. The van der Waals surface area contributed by atoms with E-state index in [1.807, 2.05) is 72.4 Å². The van der Waals surface area contributed by atoms with Crippen LogP contribution in [0.5, 0.6) is 0 Å². The average Bonchev–Trinajstić information content (AvgIpc) is 1.58. The zero-order valence-corrected chi connectivity index (χ0v) is 68.9. The van der Waals surface area contributed by atoms with E-state index in [1.165, 1.54) is 35.8 Å². The molecule has 2 heterocycles. The van der Waals surface area contributed by atoms with Gasteiger partial charge in [0.25, 0.3) is 0 Å². The number of aryl methyl sites for hydroxylation is 2. The molecule has 624 valence electrons. The Hall–Kier alpha value is -8.95. The van der Waals surface area contributed by atoms with Gasteiger partial charge in [-0.1, -0.05) is 111 Å². The normalized spacial score (nSPS) is 18.3. The molecule has 13 amide bonds. The molecule has 0 spiro atoms. The second kappa shape index (κ2) is 45.1. The number of nitrogens with two attached hydrogens (primary N) is 1. The monoisotopic (exact) mass is 1590 g/mol. The molecule has 0 aromatic heterocycles. The second-order valence-electron chi connectivity index (χ2n) is 31.2. The number of nitrogens with zero attached hydrogens (tertiary/aromatic N) is 4. The molecule has 32 nitrogen and oxygen atoms in total. The Balaban J connectivity index is 1.15. The predicted molar refractivity (Wildman–Crippen MR) is 421 cm³/mol. The standard InChI is InChI=1S/C79H123N13O19S/c1-17-49(9)68(90(14)75(104)66(46(4)5)88-73(102)67(47(6)7)89(12)13)59(108-15)38-62(95)92-42-54(37-57(92)69(109-16)51(11)70(99)84-41-58(93)55-29-24-48(8)36-50(55)10)111-78(107)83-34-33-82-77(106)110-43-52-25-27-53(28-26-52)85-71(100)56(22-21-32-81-76(80)105)86-72(101)65(45(2)3)87-61(94)23-19-18-20-35-91-63(96)39-60(74(91)103)112-44-79(30-31-79)40-64(97)98/h24-29,36,45-47,49,51,54,56-57,59-60,65-69H,17-23,30-35,37-44H2,1-16H3,(H,82,106)(H,83,107)(H,84,99)(H,85,100)(H,86,101)(H,87,94)(H,88,102)(H,97,98)(H3,80,81,105)/t49-,51+,54-,56-,57-,59+,60?,65-,66-,67-,68-,69+/m0/s1. The van der Waals surface area contributed by atoms with Crippen LogP contribution in [0.1, 0.15) is 173 Å². The number of aliphatic carboxylic acids is 1. The summed E-state index contributed by atoms with van der Waals surface area (Å²) in [5.74, 6) is -6.49. The number of urea groups is 1. The third-order valence-electron chi connectivity index (χ3n) is 21.0. The molecule has 1 aliphatic carbocycles. The highest BCUT2D eigenvalue weighted by Gasteiger charge is 2.49. The summed E-state index contributed by atoms with van der Waals surface area (Å²) in [6.07, 6.45) is -0.827. The molecular formula is C79H123N13O19S. The topological polar surface area (TPSA) is 431 Å². The van der Waals surface area contributed by atoms with Gasteiger partial charge in [0.15, 0.2) is 5.78 Å². The van der Waals surface area contributed by atoms with Crippen molar-refractivity contribution in [3.05, 3.63) is 64.7 Å². The van der Waals surface area contributed by atoms with Crippen LogP contribution >= 0.6 is 11.8 Å². The van der Waals surface area contributed by atoms with Crippen LogP contribution in [0.2, 0.25) is 0 Å². The van der Waals surface area contributed by atoms with E-state index in [4.69, 9.17) is 24.7 Å². The molecule has 11 N–H and O–H groups in total. The lowest BCUT2D eigenvalue weighted by molar-refractivity contribution is -0.148. The van der Waals surface area contributed by atoms with Crippen molar-refractivity contribution in [3.63, 3.8) is 0 Å². The number of hydrogen-bond acceptors (Lipinski definition) is 20. The molecule has 33 heteroatoms. The van der Waals surface area contributed by atoms with Crippen molar-refractivity contribution in [1.29, 1.82) is 0 Å². The van der Waals surface area contributed by atoms with Gasteiger partial charge in [-0.15, -0.1) is 11.8 Å². The van der Waals surface area contributed by atoms with Gasteiger partial charge in [-0.25, -0.2) is 14.4 Å². The first kappa shape index (κ1) is 93.6. The highest BCUT2D eigenvalue weighted by molar-refractivity contribution is 8.00. The number of unbranched alkanes of at least 4 members (excludes halogenated alkanes) is 2. The minimum absolute atomic E-state index is 0.0187. The van der Waals surface area contributed by atoms with Crippen LogP contribution in [0.4, 0.5) is 20.1 Å². The predicted octanol–water partition coefficient (Wildman–Crippen LogP) is 5.57. The Bertz CT molecular complexity index is 3570. The number of likely N-dealkylation sites (N-methyl/N-ethyl adjacent to an activating group) is 2. The van der Waals surface area contributed by atoms with Crippen molar-refractivity contribution in [1.82, 2.24) is 56.8 Å². The summed E-state index contributed by atoms with van der Waals surface area (Å²) in [7, 11) is 8.10. The van der Waals surface area contributed by atoms with Gasteiger partial charge in [0.2, 0.25) is 53.2 Å². The number of primary amides is 1. The van der Waals surface area contributed by atoms with Crippen LogP contribution in [0.3, 0.4) is 0 Å². The summed E-state index contributed by atoms with van der Waals surface area (Å²) in [5.41, 5.74) is 7.97. The number of ketones is 1. The molecular weight excluding hydrogens is 1470 g/mol. The lowest BCUT2D eigenvalue weighted by Crippen LogP contribution is -2.59. The highest BCUT2D eigenvalue weighted by atomic mass is 32.2. The number of carboxylic acid groups (broad SMARTS) is 1. The Morgan fingerprint density at radius 1 is 0.732 bits per heavy atom. The van der Waals surface area contributed by atoms with Crippen molar-refractivity contribution in [2.75, 3.05) is 85.7 Å². The number of hydrogen-bond donors (Lipinski definition) is 10. The molecule has 112 heavy (non-hydrogen) atoms. The Labute approximate surface area is 662 Å². The number of ether oxygens (including phenoxy) is 4. The summed E-state index contributed by atoms with van der Waals surface area (Å²) in [4.78, 5) is 193. The van der Waals surface area contributed by atoms with Crippen LogP contribution in [0.15, 0.2) is 42.5 Å². The van der Waals surface area contributed by atoms with Gasteiger partial charge >= 0.3 is 24.2 Å². The fraction of sp³-hybridized carbons (Fsp3) is 0.671. The summed E-state index contributed by atoms with van der Waals surface area (Å²) in [5, 5.41) is 30.4. The zero-order valence-electron chi connectivity index (χ0n) is 68.1. The smallest absolute Gasteiger partial charge is 0.407 e. The van der Waals surface area contributed by atoms with Gasteiger partial charge in [0, 0.05) is 83.7 Å². The van der Waals surface area contributed by atoms with E-state index in [-0.39, 0.29) is 143 Å². The number of likely N-dealkylation sites (tertiary alicyclic amines) is 2. The fourth-order valence-corrected chi connectivity index (χ4v) is 15.9. The number of carboxylic acids is 1. The van der Waals surface area contributed by atoms with Crippen LogP contribution in [-0.4, -0.2) is 248 Å². The van der Waals surface area contributed by atoms with Gasteiger partial charge in [-0.05, 0) is 119 Å². The van der Waals surface area contributed by atoms with Crippen LogP contribution in [0, 0.1) is 48.9 Å². The second-order valence-corrected chi connectivity index (χ2v) is 32.4. The fourth-order valence-electron chi connectivity index (χ4n) is 14.4. The van der Waals surface area contributed by atoms with Gasteiger partial charge in [-0.3, -0.25) is 62.5 Å².